The Labute approximate surface area is 90.2 Å². The number of hydrogen-bond donors (Lipinski definition) is 1. The summed E-state index contributed by atoms with van der Waals surface area (Å²) in [5.41, 5.74) is 0.303. The Hall–Kier alpha value is -0.550. The minimum Gasteiger partial charge on any atom is -0.478 e. The summed E-state index contributed by atoms with van der Waals surface area (Å²) in [7, 11) is 0. The van der Waals surface area contributed by atoms with Gasteiger partial charge in [-0.15, -0.1) is 23.5 Å². The van der Waals surface area contributed by atoms with Crippen molar-refractivity contribution in [2.45, 2.75) is 11.0 Å². The number of carboxylic acids is 1. The van der Waals surface area contributed by atoms with Gasteiger partial charge in [-0.05, 0) is 24.0 Å². The van der Waals surface area contributed by atoms with Gasteiger partial charge in [-0.2, -0.15) is 0 Å². The second kappa shape index (κ2) is 4.31. The molecule has 5 heteroatoms. The predicted octanol–water partition coefficient (Wildman–Crippen LogP) is 2.85. The highest BCUT2D eigenvalue weighted by atomic mass is 32.2. The number of furan rings is 1. The molecule has 1 aliphatic rings. The highest BCUT2D eigenvalue weighted by Gasteiger charge is 2.25. The van der Waals surface area contributed by atoms with Crippen LogP contribution in [0.5, 0.6) is 0 Å². The number of hydrogen-bond acceptors (Lipinski definition) is 4. The fraction of sp³-hybridized carbons (Fsp3) is 0.444. The Balaban J connectivity index is 2.21. The first-order valence-electron chi connectivity index (χ1n) is 4.33. The van der Waals surface area contributed by atoms with Gasteiger partial charge in [0.05, 0.1) is 6.26 Å². The molecule has 0 spiro atoms. The topological polar surface area (TPSA) is 50.4 Å². The van der Waals surface area contributed by atoms with Gasteiger partial charge in [-0.1, -0.05) is 0 Å². The summed E-state index contributed by atoms with van der Waals surface area (Å²) >= 11 is 3.52. The van der Waals surface area contributed by atoms with E-state index in [0.29, 0.717) is 11.3 Å². The van der Waals surface area contributed by atoms with Crippen molar-refractivity contribution in [1.82, 2.24) is 0 Å². The lowest BCUT2D eigenvalue weighted by atomic mass is 10.3. The molecule has 1 aromatic heterocycles. The standard InChI is InChI=1S/C9H10O3S2/c10-8(11)6-2-3-12-7(6)9-13-4-1-5-14-9/h2-3,9H,1,4-5H2,(H,10,11). The van der Waals surface area contributed by atoms with Crippen LogP contribution < -0.4 is 0 Å². The third kappa shape index (κ3) is 1.93. The Morgan fingerprint density at radius 3 is 2.86 bits per heavy atom. The van der Waals surface area contributed by atoms with Crippen molar-refractivity contribution in [3.63, 3.8) is 0 Å². The van der Waals surface area contributed by atoms with E-state index in [0.717, 1.165) is 11.5 Å². The number of thioether (sulfide) groups is 2. The molecule has 1 fully saturated rings. The monoisotopic (exact) mass is 230 g/mol. The van der Waals surface area contributed by atoms with Crippen LogP contribution in [0.3, 0.4) is 0 Å². The van der Waals surface area contributed by atoms with Gasteiger partial charge in [0.2, 0.25) is 0 Å². The molecule has 1 saturated heterocycles. The molecule has 2 rings (SSSR count). The average molecular weight is 230 g/mol. The van der Waals surface area contributed by atoms with E-state index >= 15 is 0 Å². The number of carboxylic acid groups (broad SMARTS) is 1. The third-order valence-electron chi connectivity index (χ3n) is 1.97. The van der Waals surface area contributed by atoms with E-state index in [1.54, 1.807) is 23.5 Å². The van der Waals surface area contributed by atoms with E-state index in [1.807, 2.05) is 0 Å². The van der Waals surface area contributed by atoms with E-state index < -0.39 is 5.97 Å². The number of carbonyl (C=O) groups is 1. The van der Waals surface area contributed by atoms with Crippen molar-refractivity contribution in [3.05, 3.63) is 23.7 Å². The van der Waals surface area contributed by atoms with Crippen molar-refractivity contribution in [2.24, 2.45) is 0 Å². The molecular formula is C9H10O3S2. The number of rotatable bonds is 2. The summed E-state index contributed by atoms with van der Waals surface area (Å²) in [6.07, 6.45) is 2.64. The molecule has 0 radical (unpaired) electrons. The Morgan fingerprint density at radius 1 is 1.50 bits per heavy atom. The fourth-order valence-electron chi connectivity index (χ4n) is 1.32. The van der Waals surface area contributed by atoms with Crippen molar-refractivity contribution in [1.29, 1.82) is 0 Å². The molecule has 0 atom stereocenters. The van der Waals surface area contributed by atoms with Gasteiger partial charge in [-0.3, -0.25) is 0 Å². The first kappa shape index (κ1) is 9.98. The van der Waals surface area contributed by atoms with E-state index in [4.69, 9.17) is 9.52 Å². The summed E-state index contributed by atoms with van der Waals surface area (Å²) < 4.78 is 5.40. The Morgan fingerprint density at radius 2 is 2.21 bits per heavy atom. The molecule has 14 heavy (non-hydrogen) atoms. The smallest absolute Gasteiger partial charge is 0.339 e. The van der Waals surface area contributed by atoms with Crippen LogP contribution in [0.25, 0.3) is 0 Å². The van der Waals surface area contributed by atoms with Gasteiger partial charge in [-0.25, -0.2) is 4.79 Å². The van der Waals surface area contributed by atoms with Gasteiger partial charge in [0, 0.05) is 0 Å². The lowest BCUT2D eigenvalue weighted by Gasteiger charge is -2.19. The zero-order valence-electron chi connectivity index (χ0n) is 7.43. The highest BCUT2D eigenvalue weighted by molar-refractivity contribution is 8.16. The van der Waals surface area contributed by atoms with Gasteiger partial charge in [0.15, 0.2) is 0 Å². The quantitative estimate of drug-likeness (QED) is 0.846. The summed E-state index contributed by atoms with van der Waals surface area (Å²) in [6, 6.07) is 1.52. The van der Waals surface area contributed by atoms with Crippen LogP contribution >= 0.6 is 23.5 Å². The summed E-state index contributed by atoms with van der Waals surface area (Å²) in [4.78, 5) is 10.8. The normalized spacial score (nSPS) is 18.3. The van der Waals surface area contributed by atoms with Crippen LogP contribution in [0, 0.1) is 0 Å². The molecule has 1 aliphatic heterocycles. The summed E-state index contributed by atoms with van der Waals surface area (Å²) in [5.74, 6) is 1.86. The maximum Gasteiger partial charge on any atom is 0.339 e. The molecule has 0 bridgehead atoms. The molecule has 1 N–H and O–H groups in total. The van der Waals surface area contributed by atoms with Crippen LogP contribution in [0.15, 0.2) is 16.7 Å². The molecule has 0 saturated carbocycles. The lowest BCUT2D eigenvalue weighted by molar-refractivity contribution is 0.0695. The van der Waals surface area contributed by atoms with Crippen molar-refractivity contribution in [2.75, 3.05) is 11.5 Å². The average Bonchev–Trinajstić information content (AvgIpc) is 2.67. The fourth-order valence-corrected chi connectivity index (χ4v) is 4.18. The van der Waals surface area contributed by atoms with Crippen molar-refractivity contribution < 1.29 is 14.3 Å². The summed E-state index contributed by atoms with van der Waals surface area (Å²) in [5, 5.41) is 8.91. The minimum atomic E-state index is -0.902. The second-order valence-electron chi connectivity index (χ2n) is 2.93. The first-order chi connectivity index (χ1) is 6.79. The van der Waals surface area contributed by atoms with E-state index in [9.17, 15) is 4.79 Å². The minimum absolute atomic E-state index is 0.157. The van der Waals surface area contributed by atoms with Crippen molar-refractivity contribution in [3.8, 4) is 0 Å². The van der Waals surface area contributed by atoms with Gasteiger partial charge < -0.3 is 9.52 Å². The Bertz CT molecular complexity index is 329. The molecule has 76 valence electrons. The molecule has 3 nitrogen and oxygen atoms in total. The number of aromatic carboxylic acids is 1. The van der Waals surface area contributed by atoms with E-state index in [1.165, 1.54) is 18.8 Å². The molecule has 1 aromatic rings. The van der Waals surface area contributed by atoms with Crippen LogP contribution in [-0.4, -0.2) is 22.6 Å². The first-order valence-corrected chi connectivity index (χ1v) is 6.42. The third-order valence-corrected chi connectivity index (χ3v) is 4.87. The Kier molecular flexibility index (Phi) is 3.08. The SMILES string of the molecule is O=C(O)c1ccoc1C1SCCCS1. The molecule has 0 aromatic carbocycles. The van der Waals surface area contributed by atoms with Gasteiger partial charge in [0.1, 0.15) is 15.9 Å². The van der Waals surface area contributed by atoms with E-state index in [2.05, 4.69) is 0 Å². The van der Waals surface area contributed by atoms with Gasteiger partial charge in [0.25, 0.3) is 0 Å². The maximum atomic E-state index is 10.8. The molecule has 0 aliphatic carbocycles. The van der Waals surface area contributed by atoms with Crippen LogP contribution in [0.4, 0.5) is 0 Å². The van der Waals surface area contributed by atoms with Gasteiger partial charge >= 0.3 is 5.97 Å². The van der Waals surface area contributed by atoms with Crippen LogP contribution in [0.1, 0.15) is 27.1 Å². The highest BCUT2D eigenvalue weighted by Crippen LogP contribution is 2.44. The largest absolute Gasteiger partial charge is 0.478 e. The molecule has 2 heterocycles. The van der Waals surface area contributed by atoms with Crippen LogP contribution in [-0.2, 0) is 0 Å². The summed E-state index contributed by atoms with van der Waals surface area (Å²) in [6.45, 7) is 0. The predicted molar refractivity (Wildman–Crippen MR) is 57.9 cm³/mol. The molecule has 0 amide bonds. The van der Waals surface area contributed by atoms with Crippen LogP contribution in [0.2, 0.25) is 0 Å². The second-order valence-corrected chi connectivity index (χ2v) is 5.66. The maximum absolute atomic E-state index is 10.8. The lowest BCUT2D eigenvalue weighted by Crippen LogP contribution is -2.04. The molecular weight excluding hydrogens is 220 g/mol. The van der Waals surface area contributed by atoms with Crippen molar-refractivity contribution >= 4 is 29.5 Å². The zero-order valence-corrected chi connectivity index (χ0v) is 9.07. The van der Waals surface area contributed by atoms with E-state index in [-0.39, 0.29) is 4.58 Å². The zero-order chi connectivity index (χ0) is 9.97. The molecule has 0 unspecified atom stereocenters.